The number of benzene rings is 2. The molecule has 0 aliphatic carbocycles. The average Bonchev–Trinajstić information content (AvgIpc) is 2.37. The summed E-state index contributed by atoms with van der Waals surface area (Å²) in [5.41, 5.74) is 8.23. The van der Waals surface area contributed by atoms with Gasteiger partial charge in [0.2, 0.25) is 0 Å². The molecule has 0 bridgehead atoms. The topological polar surface area (TPSA) is 26.0 Å². The van der Waals surface area contributed by atoms with Crippen molar-refractivity contribution in [3.05, 3.63) is 65.6 Å². The molecular weight excluding hydrogens is 460 g/mol. The molecule has 1 unspecified atom stereocenters. The zero-order valence-corrected chi connectivity index (χ0v) is 15.1. The van der Waals surface area contributed by atoms with E-state index in [2.05, 4.69) is 44.6 Å². The van der Waals surface area contributed by atoms with Crippen LogP contribution >= 0.6 is 61.7 Å². The van der Waals surface area contributed by atoms with Crippen LogP contribution in [0.4, 0.5) is 0 Å². The molecule has 0 saturated heterocycles. The molecular formula is C14H11BrCl2IN. The standard InChI is InChI=1S/C14H11BrCl2IN/c15-11-5-4-8(18)6-9(11)14(19)7-10-12(16)2-1-3-13(10)17/h1-6,14H,7,19H2. The van der Waals surface area contributed by atoms with Crippen LogP contribution in [0.2, 0.25) is 10.0 Å². The molecule has 0 aromatic heterocycles. The van der Waals surface area contributed by atoms with Gasteiger partial charge in [-0.05, 0) is 70.5 Å². The van der Waals surface area contributed by atoms with Crippen LogP contribution in [0.25, 0.3) is 0 Å². The van der Waals surface area contributed by atoms with E-state index in [1.54, 1.807) is 0 Å². The van der Waals surface area contributed by atoms with Crippen LogP contribution in [0.1, 0.15) is 17.2 Å². The highest BCUT2D eigenvalue weighted by atomic mass is 127. The van der Waals surface area contributed by atoms with Crippen molar-refractivity contribution in [2.24, 2.45) is 5.73 Å². The molecule has 0 saturated carbocycles. The van der Waals surface area contributed by atoms with Gasteiger partial charge in [-0.1, -0.05) is 45.2 Å². The van der Waals surface area contributed by atoms with E-state index < -0.39 is 0 Å². The Morgan fingerprint density at radius 3 is 2.42 bits per heavy atom. The normalized spacial score (nSPS) is 12.5. The zero-order valence-electron chi connectivity index (χ0n) is 9.84. The Balaban J connectivity index is 2.31. The van der Waals surface area contributed by atoms with Gasteiger partial charge in [0.25, 0.3) is 0 Å². The van der Waals surface area contributed by atoms with Crippen LogP contribution in [0, 0.1) is 3.57 Å². The van der Waals surface area contributed by atoms with Gasteiger partial charge >= 0.3 is 0 Å². The smallest absolute Gasteiger partial charge is 0.0453 e. The van der Waals surface area contributed by atoms with Gasteiger partial charge < -0.3 is 5.73 Å². The molecule has 0 amide bonds. The van der Waals surface area contributed by atoms with E-state index in [0.717, 1.165) is 19.2 Å². The molecule has 2 aromatic rings. The number of hydrogen-bond acceptors (Lipinski definition) is 1. The second-order valence-corrected chi connectivity index (χ2v) is 7.09. The molecule has 0 aliphatic heterocycles. The third-order valence-corrected chi connectivity index (χ3v) is 4.94. The number of halogens is 4. The zero-order chi connectivity index (χ0) is 14.0. The molecule has 5 heteroatoms. The number of rotatable bonds is 3. The summed E-state index contributed by atoms with van der Waals surface area (Å²) in [5.74, 6) is 0. The summed E-state index contributed by atoms with van der Waals surface area (Å²) in [7, 11) is 0. The molecule has 2 rings (SSSR count). The van der Waals surface area contributed by atoms with E-state index in [9.17, 15) is 0 Å². The highest BCUT2D eigenvalue weighted by Crippen LogP contribution is 2.31. The first-order valence-electron chi connectivity index (χ1n) is 5.62. The van der Waals surface area contributed by atoms with Crippen LogP contribution in [0.5, 0.6) is 0 Å². The highest BCUT2D eigenvalue weighted by Gasteiger charge is 2.15. The second-order valence-electron chi connectivity index (χ2n) is 4.18. The first-order valence-corrected chi connectivity index (χ1v) is 8.25. The Morgan fingerprint density at radius 1 is 1.16 bits per heavy atom. The molecule has 0 aliphatic rings. The van der Waals surface area contributed by atoms with Gasteiger partial charge in [0.05, 0.1) is 0 Å². The molecule has 2 aromatic carbocycles. The van der Waals surface area contributed by atoms with Crippen LogP contribution in [-0.4, -0.2) is 0 Å². The molecule has 0 spiro atoms. The maximum atomic E-state index is 6.28. The van der Waals surface area contributed by atoms with E-state index in [1.165, 1.54) is 0 Å². The monoisotopic (exact) mass is 469 g/mol. The summed E-state index contributed by atoms with van der Waals surface area (Å²) in [4.78, 5) is 0. The lowest BCUT2D eigenvalue weighted by molar-refractivity contribution is 0.718. The minimum Gasteiger partial charge on any atom is -0.324 e. The van der Waals surface area contributed by atoms with Crippen molar-refractivity contribution in [1.82, 2.24) is 0 Å². The van der Waals surface area contributed by atoms with Crippen molar-refractivity contribution in [1.29, 1.82) is 0 Å². The Morgan fingerprint density at radius 2 is 1.79 bits per heavy atom. The largest absolute Gasteiger partial charge is 0.324 e. The van der Waals surface area contributed by atoms with Gasteiger partial charge in [0.15, 0.2) is 0 Å². The SMILES string of the molecule is NC(Cc1c(Cl)cccc1Cl)c1cc(I)ccc1Br. The van der Waals surface area contributed by atoms with Gasteiger partial charge in [-0.3, -0.25) is 0 Å². The van der Waals surface area contributed by atoms with Gasteiger partial charge in [-0.25, -0.2) is 0 Å². The first kappa shape index (κ1) is 15.6. The third-order valence-electron chi connectivity index (χ3n) is 2.84. The highest BCUT2D eigenvalue weighted by molar-refractivity contribution is 14.1. The third kappa shape index (κ3) is 3.85. The van der Waals surface area contributed by atoms with Gasteiger partial charge in [-0.2, -0.15) is 0 Å². The Labute approximate surface area is 144 Å². The van der Waals surface area contributed by atoms with E-state index >= 15 is 0 Å². The van der Waals surface area contributed by atoms with E-state index in [4.69, 9.17) is 28.9 Å². The van der Waals surface area contributed by atoms with Crippen LogP contribution in [0.15, 0.2) is 40.9 Å². The lowest BCUT2D eigenvalue weighted by Gasteiger charge is -2.16. The van der Waals surface area contributed by atoms with Gasteiger partial charge in [0, 0.05) is 24.1 Å². The summed E-state index contributed by atoms with van der Waals surface area (Å²) >= 11 is 18.2. The first-order chi connectivity index (χ1) is 8.99. The van der Waals surface area contributed by atoms with Crippen molar-refractivity contribution in [3.63, 3.8) is 0 Å². The quantitative estimate of drug-likeness (QED) is 0.580. The maximum absolute atomic E-state index is 6.28. The van der Waals surface area contributed by atoms with Gasteiger partial charge in [0.1, 0.15) is 0 Å². The van der Waals surface area contributed by atoms with Crippen molar-refractivity contribution in [3.8, 4) is 0 Å². The second kappa shape index (κ2) is 6.76. The van der Waals surface area contributed by atoms with Crippen LogP contribution < -0.4 is 5.73 Å². The minimum atomic E-state index is -0.151. The summed E-state index contributed by atoms with van der Waals surface area (Å²) in [6.07, 6.45) is 0.608. The van der Waals surface area contributed by atoms with E-state index in [-0.39, 0.29) is 6.04 Å². The lowest BCUT2D eigenvalue weighted by atomic mass is 10.00. The van der Waals surface area contributed by atoms with Crippen LogP contribution in [-0.2, 0) is 6.42 Å². The molecule has 19 heavy (non-hydrogen) atoms. The molecule has 1 atom stereocenters. The van der Waals surface area contributed by atoms with Crippen molar-refractivity contribution < 1.29 is 0 Å². The minimum absolute atomic E-state index is 0.151. The molecule has 0 fully saturated rings. The van der Waals surface area contributed by atoms with E-state index in [0.29, 0.717) is 16.5 Å². The lowest BCUT2D eigenvalue weighted by Crippen LogP contribution is -2.14. The summed E-state index contributed by atoms with van der Waals surface area (Å²) in [5, 5.41) is 1.31. The Bertz CT molecular complexity index is 584. The molecule has 0 radical (unpaired) electrons. The van der Waals surface area contributed by atoms with Gasteiger partial charge in [-0.15, -0.1) is 0 Å². The summed E-state index contributed by atoms with van der Waals surface area (Å²) < 4.78 is 2.15. The average molecular weight is 471 g/mol. The molecule has 100 valence electrons. The van der Waals surface area contributed by atoms with Crippen LogP contribution in [0.3, 0.4) is 0 Å². The van der Waals surface area contributed by atoms with E-state index in [1.807, 2.05) is 30.3 Å². The fourth-order valence-electron chi connectivity index (χ4n) is 1.86. The Kier molecular flexibility index (Phi) is 5.55. The number of nitrogens with two attached hydrogens (primary N) is 1. The Hall–Kier alpha value is 0.190. The molecule has 0 heterocycles. The predicted octanol–water partition coefficient (Wildman–Crippen LogP) is 5.60. The molecule has 1 nitrogen and oxygen atoms in total. The molecule has 2 N–H and O–H groups in total. The maximum Gasteiger partial charge on any atom is 0.0453 e. The fraction of sp³-hybridized carbons (Fsp3) is 0.143. The summed E-state index contributed by atoms with van der Waals surface area (Å²) in [6, 6.07) is 11.5. The van der Waals surface area contributed by atoms with Crippen molar-refractivity contribution in [2.45, 2.75) is 12.5 Å². The predicted molar refractivity (Wildman–Crippen MR) is 94.0 cm³/mol. The fourth-order valence-corrected chi connectivity index (χ4v) is 3.46. The summed E-state index contributed by atoms with van der Waals surface area (Å²) in [6.45, 7) is 0. The van der Waals surface area contributed by atoms with Crippen molar-refractivity contribution >= 4 is 61.7 Å². The van der Waals surface area contributed by atoms with Crippen molar-refractivity contribution in [2.75, 3.05) is 0 Å². The number of hydrogen-bond donors (Lipinski definition) is 1.